The predicted octanol–water partition coefficient (Wildman–Crippen LogP) is 3.92. The highest BCUT2D eigenvalue weighted by molar-refractivity contribution is 5.45. The number of hydrogen-bond acceptors (Lipinski definition) is 2. The van der Waals surface area contributed by atoms with Crippen LogP contribution in [0.3, 0.4) is 0 Å². The van der Waals surface area contributed by atoms with Crippen molar-refractivity contribution in [3.63, 3.8) is 0 Å². The van der Waals surface area contributed by atoms with Gasteiger partial charge in [-0.1, -0.05) is 39.8 Å². The predicted molar refractivity (Wildman–Crippen MR) is 85.6 cm³/mol. The van der Waals surface area contributed by atoms with Crippen LogP contribution in [0, 0.1) is 5.41 Å². The van der Waals surface area contributed by atoms with E-state index >= 15 is 0 Å². The summed E-state index contributed by atoms with van der Waals surface area (Å²) in [5.41, 5.74) is 3.38. The van der Waals surface area contributed by atoms with Gasteiger partial charge in [-0.25, -0.2) is 0 Å². The van der Waals surface area contributed by atoms with E-state index in [0.29, 0.717) is 5.41 Å². The van der Waals surface area contributed by atoms with Gasteiger partial charge in [0.1, 0.15) is 5.75 Å². The number of hydrogen-bond donors (Lipinski definition) is 1. The number of benzene rings is 1. The molecule has 112 valence electrons. The van der Waals surface area contributed by atoms with Gasteiger partial charge in [-0.15, -0.1) is 0 Å². The van der Waals surface area contributed by atoms with Gasteiger partial charge in [-0.2, -0.15) is 0 Å². The lowest BCUT2D eigenvalue weighted by atomic mass is 9.81. The first-order valence-corrected chi connectivity index (χ1v) is 7.75. The Balaban J connectivity index is 2.01. The van der Waals surface area contributed by atoms with Crippen molar-refractivity contribution < 1.29 is 4.74 Å². The van der Waals surface area contributed by atoms with E-state index in [9.17, 15) is 0 Å². The van der Waals surface area contributed by atoms with Crippen LogP contribution in [0.25, 0.3) is 0 Å². The molecule has 20 heavy (non-hydrogen) atoms. The van der Waals surface area contributed by atoms with E-state index in [1.807, 2.05) is 7.05 Å². The fourth-order valence-electron chi connectivity index (χ4n) is 2.79. The van der Waals surface area contributed by atoms with Crippen molar-refractivity contribution in [3.05, 3.63) is 29.3 Å². The molecule has 0 amide bonds. The number of fused-ring (bicyclic) bond motifs is 1. The smallest absolute Gasteiger partial charge is 0.123 e. The molecule has 1 aromatic carbocycles. The first kappa shape index (κ1) is 15.4. The van der Waals surface area contributed by atoms with Gasteiger partial charge in [0, 0.05) is 11.0 Å². The second kappa shape index (κ2) is 5.77. The summed E-state index contributed by atoms with van der Waals surface area (Å²) < 4.78 is 5.76. The van der Waals surface area contributed by atoms with Crippen molar-refractivity contribution in [2.24, 2.45) is 5.41 Å². The largest absolute Gasteiger partial charge is 0.492 e. The lowest BCUT2D eigenvalue weighted by Gasteiger charge is -2.24. The second-order valence-corrected chi connectivity index (χ2v) is 7.52. The normalized spacial score (nSPS) is 16.9. The highest BCUT2D eigenvalue weighted by Gasteiger charge is 2.31. The SMILES string of the molecule is CNCCC(C)(C)CCc1ccc2c(c1)C(C)(C)CO2. The highest BCUT2D eigenvalue weighted by Crippen LogP contribution is 2.39. The molecule has 1 aliphatic heterocycles. The van der Waals surface area contributed by atoms with Gasteiger partial charge in [-0.3, -0.25) is 0 Å². The minimum atomic E-state index is 0.160. The molecule has 0 fully saturated rings. The minimum Gasteiger partial charge on any atom is -0.492 e. The summed E-state index contributed by atoms with van der Waals surface area (Å²) in [6.07, 6.45) is 3.61. The molecule has 0 spiro atoms. The Bertz CT molecular complexity index is 462. The van der Waals surface area contributed by atoms with Crippen LogP contribution in [0.15, 0.2) is 18.2 Å². The van der Waals surface area contributed by atoms with Crippen LogP contribution in [-0.2, 0) is 11.8 Å². The summed E-state index contributed by atoms with van der Waals surface area (Å²) in [6.45, 7) is 11.2. The fraction of sp³-hybridized carbons (Fsp3) is 0.667. The van der Waals surface area contributed by atoms with Gasteiger partial charge < -0.3 is 10.1 Å². The van der Waals surface area contributed by atoms with Gasteiger partial charge in [-0.05, 0) is 49.9 Å². The first-order chi connectivity index (χ1) is 9.34. The fourth-order valence-corrected chi connectivity index (χ4v) is 2.79. The maximum absolute atomic E-state index is 5.76. The van der Waals surface area contributed by atoms with Crippen LogP contribution in [0.1, 0.15) is 51.7 Å². The molecule has 1 N–H and O–H groups in total. The molecule has 0 aliphatic carbocycles. The quantitative estimate of drug-likeness (QED) is 0.849. The molecular formula is C18H29NO. The van der Waals surface area contributed by atoms with Crippen LogP contribution in [-0.4, -0.2) is 20.2 Å². The van der Waals surface area contributed by atoms with Crippen molar-refractivity contribution in [3.8, 4) is 5.75 Å². The van der Waals surface area contributed by atoms with E-state index in [2.05, 4.69) is 51.2 Å². The maximum atomic E-state index is 5.76. The molecule has 0 aromatic heterocycles. The Hall–Kier alpha value is -1.02. The molecule has 0 radical (unpaired) electrons. The summed E-state index contributed by atoms with van der Waals surface area (Å²) >= 11 is 0. The zero-order valence-corrected chi connectivity index (χ0v) is 13.7. The molecular weight excluding hydrogens is 246 g/mol. The molecule has 1 aromatic rings. The molecule has 0 saturated carbocycles. The van der Waals surface area contributed by atoms with E-state index in [1.54, 1.807) is 0 Å². The van der Waals surface area contributed by atoms with Gasteiger partial charge in [0.25, 0.3) is 0 Å². The Morgan fingerprint density at radius 2 is 2.00 bits per heavy atom. The second-order valence-electron chi connectivity index (χ2n) is 7.52. The monoisotopic (exact) mass is 275 g/mol. The van der Waals surface area contributed by atoms with Gasteiger partial charge in [0.05, 0.1) is 6.61 Å². The van der Waals surface area contributed by atoms with Crippen molar-refractivity contribution in [2.45, 2.75) is 52.4 Å². The zero-order chi connectivity index (χ0) is 14.8. The lowest BCUT2D eigenvalue weighted by Crippen LogP contribution is -2.20. The van der Waals surface area contributed by atoms with Gasteiger partial charge in [0.15, 0.2) is 0 Å². The van der Waals surface area contributed by atoms with E-state index < -0.39 is 0 Å². The average Bonchev–Trinajstić information content (AvgIpc) is 2.70. The molecule has 1 heterocycles. The molecule has 0 bridgehead atoms. The molecule has 0 saturated heterocycles. The standard InChI is InChI=1S/C18H29NO/c1-17(2,10-11-19-5)9-8-14-6-7-16-15(12-14)18(3,4)13-20-16/h6-7,12,19H,8-11,13H2,1-5H3. The van der Waals surface area contributed by atoms with Crippen LogP contribution >= 0.6 is 0 Å². The van der Waals surface area contributed by atoms with Crippen molar-refractivity contribution >= 4 is 0 Å². The van der Waals surface area contributed by atoms with Crippen LogP contribution in [0.4, 0.5) is 0 Å². The first-order valence-electron chi connectivity index (χ1n) is 7.75. The van der Waals surface area contributed by atoms with E-state index in [0.717, 1.165) is 25.3 Å². The summed E-state index contributed by atoms with van der Waals surface area (Å²) in [7, 11) is 2.03. The number of ether oxygens (including phenoxy) is 1. The average molecular weight is 275 g/mol. The molecule has 0 unspecified atom stereocenters. The third-order valence-corrected chi connectivity index (χ3v) is 4.50. The highest BCUT2D eigenvalue weighted by atomic mass is 16.5. The Kier molecular flexibility index (Phi) is 4.43. The zero-order valence-electron chi connectivity index (χ0n) is 13.7. The van der Waals surface area contributed by atoms with Crippen molar-refractivity contribution in [2.75, 3.05) is 20.2 Å². The van der Waals surface area contributed by atoms with Gasteiger partial charge >= 0.3 is 0 Å². The summed E-state index contributed by atoms with van der Waals surface area (Å²) in [5, 5.41) is 3.25. The van der Waals surface area contributed by atoms with Crippen LogP contribution in [0.2, 0.25) is 0 Å². The number of rotatable bonds is 6. The lowest BCUT2D eigenvalue weighted by molar-refractivity contribution is 0.291. The third-order valence-electron chi connectivity index (χ3n) is 4.50. The number of aryl methyl sites for hydroxylation is 1. The molecule has 2 rings (SSSR count). The topological polar surface area (TPSA) is 21.3 Å². The maximum Gasteiger partial charge on any atom is 0.123 e. The molecule has 2 heteroatoms. The van der Waals surface area contributed by atoms with E-state index in [4.69, 9.17) is 4.74 Å². The Morgan fingerprint density at radius 3 is 2.70 bits per heavy atom. The third kappa shape index (κ3) is 3.54. The number of nitrogens with one attached hydrogen (secondary N) is 1. The van der Waals surface area contributed by atoms with Crippen molar-refractivity contribution in [1.82, 2.24) is 5.32 Å². The molecule has 2 nitrogen and oxygen atoms in total. The molecule has 1 aliphatic rings. The summed E-state index contributed by atoms with van der Waals surface area (Å²) in [5.74, 6) is 1.08. The van der Waals surface area contributed by atoms with Crippen LogP contribution < -0.4 is 10.1 Å². The van der Waals surface area contributed by atoms with E-state index in [1.165, 1.54) is 24.0 Å². The van der Waals surface area contributed by atoms with Gasteiger partial charge in [0.2, 0.25) is 0 Å². The Morgan fingerprint density at radius 1 is 1.25 bits per heavy atom. The summed E-state index contributed by atoms with van der Waals surface area (Å²) in [4.78, 5) is 0. The minimum absolute atomic E-state index is 0.160. The molecule has 0 atom stereocenters. The van der Waals surface area contributed by atoms with Crippen molar-refractivity contribution in [1.29, 1.82) is 0 Å². The van der Waals surface area contributed by atoms with E-state index in [-0.39, 0.29) is 5.41 Å². The Labute approximate surface area is 123 Å². The van der Waals surface area contributed by atoms with Crippen LogP contribution in [0.5, 0.6) is 5.75 Å². The summed E-state index contributed by atoms with van der Waals surface area (Å²) in [6, 6.07) is 6.74.